The number of H-pyrrole nitrogens is 2. The summed E-state index contributed by atoms with van der Waals surface area (Å²) in [6.45, 7) is 2.30. The van der Waals surface area contributed by atoms with Gasteiger partial charge in [-0.1, -0.05) is 30.3 Å². The first kappa shape index (κ1) is 21.1. The number of nitrogens with one attached hydrogen (secondary N) is 2. The zero-order valence-electron chi connectivity index (χ0n) is 16.7. The lowest BCUT2D eigenvalue weighted by Gasteiger charge is -2.15. The van der Waals surface area contributed by atoms with Crippen LogP contribution in [0.4, 0.5) is 0 Å². The number of rotatable bonds is 7. The molecule has 0 aliphatic heterocycles. The topological polar surface area (TPSA) is 112 Å². The monoisotopic (exact) mass is 408 g/mol. The molecule has 0 radical (unpaired) electrons. The van der Waals surface area contributed by atoms with Crippen LogP contribution in [0.2, 0.25) is 0 Å². The molecule has 0 spiro atoms. The van der Waals surface area contributed by atoms with Crippen LogP contribution in [0.25, 0.3) is 11.6 Å². The molecule has 0 fully saturated rings. The van der Waals surface area contributed by atoms with Gasteiger partial charge in [-0.2, -0.15) is 0 Å². The Kier molecular flexibility index (Phi) is 6.85. The molecule has 1 heterocycles. The van der Waals surface area contributed by atoms with Gasteiger partial charge in [-0.05, 0) is 61.1 Å². The van der Waals surface area contributed by atoms with Crippen LogP contribution < -0.4 is 21.8 Å². The fourth-order valence-corrected chi connectivity index (χ4v) is 3.19. The third kappa shape index (κ3) is 5.47. The van der Waals surface area contributed by atoms with E-state index < -0.39 is 5.97 Å². The Labute approximate surface area is 172 Å². The third-order valence-corrected chi connectivity index (χ3v) is 4.72. The van der Waals surface area contributed by atoms with Crippen molar-refractivity contribution in [1.82, 2.24) is 9.97 Å². The van der Waals surface area contributed by atoms with Crippen LogP contribution in [0.1, 0.15) is 38.2 Å². The molecule has 30 heavy (non-hydrogen) atoms. The quantitative estimate of drug-likeness (QED) is 0.602. The van der Waals surface area contributed by atoms with Crippen LogP contribution in [-0.2, 0) is 9.53 Å². The average molecular weight is 408 g/mol. The third-order valence-electron chi connectivity index (χ3n) is 4.72. The summed E-state index contributed by atoms with van der Waals surface area (Å²) < 4.78 is 5.72. The van der Waals surface area contributed by atoms with Crippen molar-refractivity contribution in [2.24, 2.45) is 0 Å². The molecule has 0 saturated heterocycles. The van der Waals surface area contributed by atoms with E-state index in [1.165, 1.54) is 0 Å². The normalized spacial score (nSPS) is 16.1. The Morgan fingerprint density at radius 3 is 2.60 bits per heavy atom. The number of hydrogen-bond acceptors (Lipinski definition) is 4. The molecule has 0 bridgehead atoms. The summed E-state index contributed by atoms with van der Waals surface area (Å²) in [6.07, 6.45) is 7.11. The highest BCUT2D eigenvalue weighted by Crippen LogP contribution is 2.23. The van der Waals surface area contributed by atoms with Gasteiger partial charge < -0.3 is 19.8 Å². The lowest BCUT2D eigenvalue weighted by Crippen LogP contribution is -2.47. The molecule has 0 atom stereocenters. The predicted molar refractivity (Wildman–Crippen MR) is 114 cm³/mol. The van der Waals surface area contributed by atoms with Crippen LogP contribution in [0.3, 0.4) is 0 Å². The maximum Gasteiger partial charge on any atom is 0.303 e. The fraction of sp³-hybridized carbons (Fsp3) is 0.261. The second-order valence-electron chi connectivity index (χ2n) is 7.08. The van der Waals surface area contributed by atoms with Crippen molar-refractivity contribution in [3.05, 3.63) is 90.8 Å². The predicted octanol–water partition coefficient (Wildman–Crippen LogP) is 1.55. The number of allylic oxidation sites excluding steroid dienone is 3. The fourth-order valence-electron chi connectivity index (χ4n) is 3.19. The van der Waals surface area contributed by atoms with Crippen molar-refractivity contribution in [2.75, 3.05) is 6.61 Å². The molecule has 0 saturated carbocycles. The van der Waals surface area contributed by atoms with Gasteiger partial charge in [-0.25, -0.2) is 0 Å². The number of ether oxygens (including phenoxy) is 1. The molecular formula is C23H24N2O5. The molecule has 7 heteroatoms. The molecule has 3 rings (SSSR count). The first-order valence-corrected chi connectivity index (χ1v) is 9.80. The number of carboxylic acids is 1. The maximum absolute atomic E-state index is 12.6. The number of unbranched alkanes of at least 4 members (excludes halogenated alkanes) is 1. The van der Waals surface area contributed by atoms with E-state index in [9.17, 15) is 14.4 Å². The largest absolute Gasteiger partial charge is 0.494 e. The highest BCUT2D eigenvalue weighted by molar-refractivity contribution is 5.66. The van der Waals surface area contributed by atoms with Crippen molar-refractivity contribution in [1.29, 1.82) is 0 Å². The van der Waals surface area contributed by atoms with Crippen molar-refractivity contribution in [3.8, 4) is 0 Å². The van der Waals surface area contributed by atoms with Gasteiger partial charge in [0.1, 0.15) is 16.5 Å². The van der Waals surface area contributed by atoms with E-state index in [2.05, 4.69) is 9.97 Å². The Balaban J connectivity index is 1.80. The van der Waals surface area contributed by atoms with Gasteiger partial charge in [-0.3, -0.25) is 14.4 Å². The maximum atomic E-state index is 12.6. The molecule has 7 nitrogen and oxygen atoms in total. The summed E-state index contributed by atoms with van der Waals surface area (Å²) >= 11 is 0. The Morgan fingerprint density at radius 2 is 1.90 bits per heavy atom. The van der Waals surface area contributed by atoms with Crippen LogP contribution >= 0.6 is 0 Å². The summed E-state index contributed by atoms with van der Waals surface area (Å²) in [5, 5.41) is 9.09. The van der Waals surface area contributed by atoms with E-state index in [-0.39, 0.29) is 28.2 Å². The number of aromatic nitrogens is 2. The molecule has 0 unspecified atom stereocenters. The molecule has 3 N–H and O–H groups in total. The summed E-state index contributed by atoms with van der Waals surface area (Å²) in [4.78, 5) is 40.9. The van der Waals surface area contributed by atoms with Crippen LogP contribution in [0.15, 0.2) is 63.4 Å². The Hall–Kier alpha value is -3.61. The first-order chi connectivity index (χ1) is 14.4. The van der Waals surface area contributed by atoms with E-state index in [1.807, 2.05) is 49.4 Å². The highest BCUT2D eigenvalue weighted by atomic mass is 16.5. The molecule has 0 amide bonds. The number of benzene rings is 1. The molecular weight excluding hydrogens is 384 g/mol. The van der Waals surface area contributed by atoms with Gasteiger partial charge in [0.15, 0.2) is 0 Å². The average Bonchev–Trinajstić information content (AvgIpc) is 2.72. The first-order valence-electron chi connectivity index (χ1n) is 9.80. The molecule has 2 aromatic rings. The van der Waals surface area contributed by atoms with E-state index in [0.717, 1.165) is 11.1 Å². The van der Waals surface area contributed by atoms with E-state index >= 15 is 0 Å². The van der Waals surface area contributed by atoms with Gasteiger partial charge in [0.2, 0.25) is 0 Å². The number of hydrogen-bond donors (Lipinski definition) is 3. The van der Waals surface area contributed by atoms with E-state index in [4.69, 9.17) is 9.84 Å². The van der Waals surface area contributed by atoms with Gasteiger partial charge in [0, 0.05) is 6.42 Å². The van der Waals surface area contributed by atoms with Crippen molar-refractivity contribution in [2.45, 2.75) is 32.6 Å². The standard InChI is InChI=1S/C23H24N2O5/c1-15-13-17(10-11-19(15)30-12-6-5-9-20(26)27)21-23(29)24-18(22(28)25-21)14-16-7-3-2-4-8-16/h2-4,7-8,11,13-14H,5-6,9-10,12H2,1H3,(H,24,29)(H,25,28)(H,26,27). The number of aliphatic carboxylic acids is 1. The van der Waals surface area contributed by atoms with E-state index in [0.29, 0.717) is 37.2 Å². The highest BCUT2D eigenvalue weighted by Gasteiger charge is 2.11. The summed E-state index contributed by atoms with van der Waals surface area (Å²) in [5.41, 5.74) is 1.64. The minimum Gasteiger partial charge on any atom is -0.494 e. The van der Waals surface area contributed by atoms with Crippen molar-refractivity contribution < 1.29 is 14.6 Å². The van der Waals surface area contributed by atoms with Crippen LogP contribution in [-0.4, -0.2) is 27.7 Å². The minimum atomic E-state index is -0.811. The second-order valence-corrected chi connectivity index (χ2v) is 7.08. The molecule has 1 aromatic heterocycles. The van der Waals surface area contributed by atoms with Gasteiger partial charge in [0.05, 0.1) is 6.61 Å². The summed E-state index contributed by atoms with van der Waals surface area (Å²) in [6, 6.07) is 9.29. The summed E-state index contributed by atoms with van der Waals surface area (Å²) in [7, 11) is 0. The lowest BCUT2D eigenvalue weighted by molar-refractivity contribution is -0.137. The van der Waals surface area contributed by atoms with Crippen LogP contribution in [0.5, 0.6) is 0 Å². The van der Waals surface area contributed by atoms with Gasteiger partial charge >= 0.3 is 5.97 Å². The lowest BCUT2D eigenvalue weighted by atomic mass is 10.0. The smallest absolute Gasteiger partial charge is 0.303 e. The number of carboxylic acid groups (broad SMARTS) is 1. The van der Waals surface area contributed by atoms with Crippen LogP contribution in [0, 0.1) is 0 Å². The van der Waals surface area contributed by atoms with Gasteiger partial charge in [-0.15, -0.1) is 0 Å². The van der Waals surface area contributed by atoms with Gasteiger partial charge in [0.25, 0.3) is 11.1 Å². The van der Waals surface area contributed by atoms with Crippen molar-refractivity contribution in [3.63, 3.8) is 0 Å². The molecule has 1 aliphatic rings. The molecule has 1 aliphatic carbocycles. The van der Waals surface area contributed by atoms with Crippen molar-refractivity contribution >= 4 is 17.6 Å². The SMILES string of the molecule is CC1=CC(=c2[nH]c(=O)c(=Cc3ccccc3)[nH]c2=O)CC=C1OCCCCC(=O)O. The zero-order valence-corrected chi connectivity index (χ0v) is 16.7. The molecule has 1 aromatic carbocycles. The number of carbonyl (C=O) groups is 1. The second kappa shape index (κ2) is 9.73. The minimum absolute atomic E-state index is 0.128. The van der Waals surface area contributed by atoms with E-state index in [1.54, 1.807) is 6.08 Å². The Bertz CT molecular complexity index is 1220. The molecule has 156 valence electrons. The summed E-state index contributed by atoms with van der Waals surface area (Å²) in [5.74, 6) is -0.101. The zero-order chi connectivity index (χ0) is 21.5. The number of aromatic amines is 2. The Morgan fingerprint density at radius 1 is 1.13 bits per heavy atom.